The van der Waals surface area contributed by atoms with Crippen LogP contribution in [0.4, 0.5) is 5.69 Å². The molecule has 2 rings (SSSR count). The lowest BCUT2D eigenvalue weighted by Gasteiger charge is -2.17. The summed E-state index contributed by atoms with van der Waals surface area (Å²) in [5, 5.41) is 2.90. The maximum atomic E-state index is 12.1. The fourth-order valence-electron chi connectivity index (χ4n) is 2.46. The van der Waals surface area contributed by atoms with Gasteiger partial charge in [0.2, 0.25) is 0 Å². The van der Waals surface area contributed by atoms with E-state index in [0.29, 0.717) is 5.56 Å². The summed E-state index contributed by atoms with van der Waals surface area (Å²) in [7, 11) is 3.85. The first kappa shape index (κ1) is 20.0. The van der Waals surface area contributed by atoms with E-state index >= 15 is 0 Å². The molecule has 0 saturated heterocycles. The van der Waals surface area contributed by atoms with Gasteiger partial charge in [-0.15, -0.1) is 0 Å². The zero-order valence-electron chi connectivity index (χ0n) is 15.2. The van der Waals surface area contributed by atoms with Crippen LogP contribution in [-0.2, 0) is 9.53 Å². The van der Waals surface area contributed by atoms with E-state index in [9.17, 15) is 9.59 Å². The zero-order chi connectivity index (χ0) is 19.1. The van der Waals surface area contributed by atoms with Crippen LogP contribution in [0.1, 0.15) is 35.3 Å². The standard InChI is InChI=1S/C20H23BrN2O3/c1-4-18(14-5-9-16(21)10-6-14)22-19(24)13-26-20(25)15-7-11-17(12-8-15)23(2)3/h5-12,18H,4,13H2,1-3H3,(H,22,24)/t18-/m0/s1. The number of anilines is 1. The van der Waals surface area contributed by atoms with Gasteiger partial charge >= 0.3 is 5.97 Å². The molecule has 26 heavy (non-hydrogen) atoms. The molecule has 2 aromatic rings. The predicted molar refractivity (Wildman–Crippen MR) is 106 cm³/mol. The number of nitrogens with one attached hydrogen (secondary N) is 1. The second-order valence-corrected chi connectivity index (χ2v) is 7.01. The molecule has 0 fully saturated rings. The summed E-state index contributed by atoms with van der Waals surface area (Å²) >= 11 is 3.40. The Balaban J connectivity index is 1.88. The zero-order valence-corrected chi connectivity index (χ0v) is 16.7. The van der Waals surface area contributed by atoms with Gasteiger partial charge in [-0.25, -0.2) is 4.79 Å². The quantitative estimate of drug-likeness (QED) is 0.691. The fourth-order valence-corrected chi connectivity index (χ4v) is 2.73. The third kappa shape index (κ3) is 5.59. The van der Waals surface area contributed by atoms with Crippen molar-refractivity contribution in [2.24, 2.45) is 0 Å². The Morgan fingerprint density at radius 3 is 2.23 bits per heavy atom. The van der Waals surface area contributed by atoms with Gasteiger partial charge in [0.25, 0.3) is 5.91 Å². The highest BCUT2D eigenvalue weighted by Crippen LogP contribution is 2.19. The molecule has 0 aromatic heterocycles. The average molecular weight is 419 g/mol. The average Bonchev–Trinajstić information content (AvgIpc) is 2.65. The van der Waals surface area contributed by atoms with E-state index in [4.69, 9.17) is 4.74 Å². The van der Waals surface area contributed by atoms with Crippen molar-refractivity contribution in [1.29, 1.82) is 0 Å². The van der Waals surface area contributed by atoms with E-state index in [1.54, 1.807) is 12.1 Å². The molecule has 1 atom stereocenters. The van der Waals surface area contributed by atoms with Crippen molar-refractivity contribution in [3.8, 4) is 0 Å². The lowest BCUT2D eigenvalue weighted by molar-refractivity contribution is -0.125. The molecule has 0 spiro atoms. The molecule has 0 aliphatic carbocycles. The molecule has 0 aliphatic heterocycles. The van der Waals surface area contributed by atoms with Gasteiger partial charge in [-0.05, 0) is 48.4 Å². The summed E-state index contributed by atoms with van der Waals surface area (Å²) in [6, 6.07) is 14.7. The lowest BCUT2D eigenvalue weighted by atomic mass is 10.0. The molecule has 6 heteroatoms. The van der Waals surface area contributed by atoms with Crippen LogP contribution in [0.15, 0.2) is 53.0 Å². The molecule has 0 heterocycles. The number of esters is 1. The van der Waals surface area contributed by atoms with Gasteiger partial charge in [-0.3, -0.25) is 4.79 Å². The minimum Gasteiger partial charge on any atom is -0.452 e. The number of ether oxygens (including phenoxy) is 1. The van der Waals surface area contributed by atoms with Crippen molar-refractivity contribution in [2.75, 3.05) is 25.6 Å². The summed E-state index contributed by atoms with van der Waals surface area (Å²) in [5.74, 6) is -0.833. The van der Waals surface area contributed by atoms with Gasteiger partial charge in [0.1, 0.15) is 0 Å². The number of hydrogen-bond donors (Lipinski definition) is 1. The summed E-state index contributed by atoms with van der Waals surface area (Å²) in [6.07, 6.45) is 0.743. The van der Waals surface area contributed by atoms with E-state index in [1.165, 1.54) is 0 Å². The van der Waals surface area contributed by atoms with Crippen LogP contribution >= 0.6 is 15.9 Å². The number of nitrogens with zero attached hydrogens (tertiary/aromatic N) is 1. The van der Waals surface area contributed by atoms with Crippen molar-refractivity contribution in [3.63, 3.8) is 0 Å². The Labute approximate surface area is 162 Å². The van der Waals surface area contributed by atoms with Crippen molar-refractivity contribution in [1.82, 2.24) is 5.32 Å². The first-order chi connectivity index (χ1) is 12.4. The van der Waals surface area contributed by atoms with Crippen LogP contribution < -0.4 is 10.2 Å². The smallest absolute Gasteiger partial charge is 0.338 e. The molecule has 1 N–H and O–H groups in total. The normalized spacial score (nSPS) is 11.5. The molecule has 0 unspecified atom stereocenters. The third-order valence-electron chi connectivity index (χ3n) is 3.97. The number of carbonyl (C=O) groups excluding carboxylic acids is 2. The molecule has 2 aromatic carbocycles. The van der Waals surface area contributed by atoms with Crippen LogP contribution in [0.25, 0.3) is 0 Å². The number of hydrogen-bond acceptors (Lipinski definition) is 4. The summed E-state index contributed by atoms with van der Waals surface area (Å²) in [6.45, 7) is 1.69. The number of amides is 1. The van der Waals surface area contributed by atoms with E-state index in [1.807, 2.05) is 62.3 Å². The van der Waals surface area contributed by atoms with Crippen LogP contribution in [0.2, 0.25) is 0 Å². The Bertz CT molecular complexity index is 743. The minimum atomic E-state index is -0.512. The third-order valence-corrected chi connectivity index (χ3v) is 4.50. The van der Waals surface area contributed by atoms with Gasteiger partial charge in [-0.1, -0.05) is 35.0 Å². The van der Waals surface area contributed by atoms with E-state index in [0.717, 1.165) is 22.1 Å². The Hall–Kier alpha value is -2.34. The van der Waals surface area contributed by atoms with Gasteiger partial charge < -0.3 is 15.0 Å². The number of carbonyl (C=O) groups is 2. The molecule has 0 bridgehead atoms. The fraction of sp³-hybridized carbons (Fsp3) is 0.300. The van der Waals surface area contributed by atoms with Gasteiger partial charge in [-0.2, -0.15) is 0 Å². The maximum absolute atomic E-state index is 12.1. The highest BCUT2D eigenvalue weighted by atomic mass is 79.9. The van der Waals surface area contributed by atoms with E-state index in [2.05, 4.69) is 21.2 Å². The first-order valence-electron chi connectivity index (χ1n) is 8.40. The van der Waals surface area contributed by atoms with Crippen molar-refractivity contribution in [3.05, 3.63) is 64.1 Å². The van der Waals surface area contributed by atoms with Gasteiger partial charge in [0.05, 0.1) is 11.6 Å². The summed E-state index contributed by atoms with van der Waals surface area (Å²) in [4.78, 5) is 26.1. The second kappa shape index (κ2) is 9.38. The second-order valence-electron chi connectivity index (χ2n) is 6.10. The molecule has 1 amide bonds. The van der Waals surface area contributed by atoms with Crippen LogP contribution in [0.3, 0.4) is 0 Å². The van der Waals surface area contributed by atoms with Crippen LogP contribution in [0, 0.1) is 0 Å². The van der Waals surface area contributed by atoms with Crippen molar-refractivity contribution in [2.45, 2.75) is 19.4 Å². The predicted octanol–water partition coefficient (Wildman–Crippen LogP) is 3.94. The highest BCUT2D eigenvalue weighted by Gasteiger charge is 2.15. The maximum Gasteiger partial charge on any atom is 0.338 e. The van der Waals surface area contributed by atoms with E-state index in [-0.39, 0.29) is 18.6 Å². The van der Waals surface area contributed by atoms with Crippen molar-refractivity contribution >= 4 is 33.5 Å². The molecule has 0 saturated carbocycles. The topological polar surface area (TPSA) is 58.6 Å². The molecule has 138 valence electrons. The number of benzene rings is 2. The number of halogens is 1. The summed E-state index contributed by atoms with van der Waals surface area (Å²) < 4.78 is 6.10. The highest BCUT2D eigenvalue weighted by molar-refractivity contribution is 9.10. The van der Waals surface area contributed by atoms with Crippen LogP contribution in [-0.4, -0.2) is 32.6 Å². The Kier molecular flexibility index (Phi) is 7.21. The molecule has 0 aliphatic rings. The number of rotatable bonds is 7. The Morgan fingerprint density at radius 1 is 1.08 bits per heavy atom. The molecular formula is C20H23BrN2O3. The van der Waals surface area contributed by atoms with Crippen molar-refractivity contribution < 1.29 is 14.3 Å². The van der Waals surface area contributed by atoms with E-state index < -0.39 is 5.97 Å². The summed E-state index contributed by atoms with van der Waals surface area (Å²) in [5.41, 5.74) is 2.41. The monoisotopic (exact) mass is 418 g/mol. The SMILES string of the molecule is CC[C@H](NC(=O)COC(=O)c1ccc(N(C)C)cc1)c1ccc(Br)cc1. The Morgan fingerprint density at radius 2 is 1.69 bits per heavy atom. The van der Waals surface area contributed by atoms with Gasteiger partial charge in [0.15, 0.2) is 6.61 Å². The first-order valence-corrected chi connectivity index (χ1v) is 9.19. The minimum absolute atomic E-state index is 0.117. The molecular weight excluding hydrogens is 396 g/mol. The molecule has 5 nitrogen and oxygen atoms in total. The largest absolute Gasteiger partial charge is 0.452 e. The lowest BCUT2D eigenvalue weighted by Crippen LogP contribution is -2.32. The molecule has 0 radical (unpaired) electrons. The van der Waals surface area contributed by atoms with Crippen LogP contribution in [0.5, 0.6) is 0 Å². The van der Waals surface area contributed by atoms with Gasteiger partial charge in [0, 0.05) is 24.3 Å².